The Balaban J connectivity index is 2.20. The molecule has 0 saturated heterocycles. The van der Waals surface area contributed by atoms with E-state index in [-0.39, 0.29) is 6.02 Å². The standard InChI is InChI=1S/C23H30N4O4/c1-5-27(6-2)13-10-14-30-22-20(28-3)15-18(16-21(22)29-4)26-23(25-17-24)31-19-11-8-7-9-12-19/h7-9,11-12,15-16H,5-6,10,13-14H2,1-4H3,(H,25,26). The van der Waals surface area contributed by atoms with E-state index >= 15 is 0 Å². The highest BCUT2D eigenvalue weighted by Gasteiger charge is 2.15. The molecular weight excluding hydrogens is 396 g/mol. The minimum atomic E-state index is 0.0331. The fourth-order valence-corrected chi connectivity index (χ4v) is 2.92. The lowest BCUT2D eigenvalue weighted by Crippen LogP contribution is -2.25. The molecule has 0 bridgehead atoms. The number of para-hydroxylation sites is 1. The van der Waals surface area contributed by atoms with Crippen molar-refractivity contribution in [1.29, 1.82) is 5.26 Å². The van der Waals surface area contributed by atoms with Gasteiger partial charge in [-0.1, -0.05) is 32.0 Å². The van der Waals surface area contributed by atoms with Gasteiger partial charge >= 0.3 is 6.02 Å². The van der Waals surface area contributed by atoms with E-state index in [1.54, 1.807) is 38.5 Å². The predicted octanol–water partition coefficient (Wildman–Crippen LogP) is 3.95. The highest BCUT2D eigenvalue weighted by molar-refractivity contribution is 5.81. The lowest BCUT2D eigenvalue weighted by molar-refractivity contribution is 0.235. The number of ether oxygens (including phenoxy) is 4. The lowest BCUT2D eigenvalue weighted by atomic mass is 10.2. The maximum atomic E-state index is 9.04. The van der Waals surface area contributed by atoms with Gasteiger partial charge in [0, 0.05) is 18.7 Å². The molecule has 1 N–H and O–H groups in total. The fraction of sp³-hybridized carbons (Fsp3) is 0.391. The molecule has 166 valence electrons. The van der Waals surface area contributed by atoms with Crippen LogP contribution in [0, 0.1) is 11.5 Å². The third-order valence-electron chi connectivity index (χ3n) is 4.56. The Bertz CT molecular complexity index is 852. The van der Waals surface area contributed by atoms with Crippen molar-refractivity contribution >= 4 is 11.7 Å². The van der Waals surface area contributed by atoms with Crippen molar-refractivity contribution in [2.45, 2.75) is 20.3 Å². The minimum absolute atomic E-state index is 0.0331. The zero-order valence-corrected chi connectivity index (χ0v) is 18.6. The molecule has 0 atom stereocenters. The second kappa shape index (κ2) is 13.0. The summed E-state index contributed by atoms with van der Waals surface area (Å²) in [5, 5.41) is 11.5. The third-order valence-corrected chi connectivity index (χ3v) is 4.56. The quantitative estimate of drug-likeness (QED) is 0.191. The van der Waals surface area contributed by atoms with Gasteiger partial charge in [-0.15, -0.1) is 0 Å². The molecule has 8 nitrogen and oxygen atoms in total. The molecule has 8 heteroatoms. The normalized spacial score (nSPS) is 11.0. The number of hydrogen-bond donors (Lipinski definition) is 1. The van der Waals surface area contributed by atoms with Gasteiger partial charge in [-0.05, 0) is 31.6 Å². The Morgan fingerprint density at radius 2 is 1.71 bits per heavy atom. The highest BCUT2D eigenvalue weighted by atomic mass is 16.5. The first-order valence-electron chi connectivity index (χ1n) is 10.2. The molecule has 0 fully saturated rings. The van der Waals surface area contributed by atoms with E-state index in [2.05, 4.69) is 29.1 Å². The Labute approximate surface area is 184 Å². The molecule has 0 heterocycles. The zero-order valence-electron chi connectivity index (χ0n) is 18.6. The Morgan fingerprint density at radius 1 is 1.06 bits per heavy atom. The molecule has 0 aliphatic carbocycles. The Kier molecular flexibility index (Phi) is 9.98. The van der Waals surface area contributed by atoms with E-state index in [9.17, 15) is 0 Å². The number of rotatable bonds is 11. The maximum absolute atomic E-state index is 9.04. The average molecular weight is 427 g/mol. The van der Waals surface area contributed by atoms with Gasteiger partial charge in [-0.3, -0.25) is 0 Å². The van der Waals surface area contributed by atoms with Crippen LogP contribution < -0.4 is 24.3 Å². The monoisotopic (exact) mass is 426 g/mol. The first-order chi connectivity index (χ1) is 15.1. The summed E-state index contributed by atoms with van der Waals surface area (Å²) in [6, 6.07) is 12.5. The SMILES string of the molecule is CCN(CC)CCCOc1c(OC)cc(N=C(NC#N)Oc2ccccc2)cc1OC. The van der Waals surface area contributed by atoms with Crippen LogP contribution in [-0.2, 0) is 0 Å². The summed E-state index contributed by atoms with van der Waals surface area (Å²) in [5.41, 5.74) is 0.484. The van der Waals surface area contributed by atoms with Gasteiger partial charge < -0.3 is 23.8 Å². The van der Waals surface area contributed by atoms with E-state index in [1.807, 2.05) is 24.4 Å². The summed E-state index contributed by atoms with van der Waals surface area (Å²) in [5.74, 6) is 2.03. The number of nitrogens with zero attached hydrogens (tertiary/aromatic N) is 3. The first kappa shape index (κ1) is 23.8. The van der Waals surface area contributed by atoms with Crippen molar-refractivity contribution in [2.75, 3.05) is 40.5 Å². The average Bonchev–Trinajstić information content (AvgIpc) is 2.80. The molecule has 31 heavy (non-hydrogen) atoms. The van der Waals surface area contributed by atoms with Crippen LogP contribution in [0.2, 0.25) is 0 Å². The van der Waals surface area contributed by atoms with Crippen molar-refractivity contribution in [3.63, 3.8) is 0 Å². The summed E-state index contributed by atoms with van der Waals surface area (Å²) in [6.07, 6.45) is 2.72. The van der Waals surface area contributed by atoms with Crippen molar-refractivity contribution < 1.29 is 18.9 Å². The molecule has 2 rings (SSSR count). The predicted molar refractivity (Wildman–Crippen MR) is 120 cm³/mol. The van der Waals surface area contributed by atoms with Crippen LogP contribution in [0.3, 0.4) is 0 Å². The molecule has 2 aromatic carbocycles. The minimum Gasteiger partial charge on any atom is -0.493 e. The molecule has 2 aromatic rings. The molecule has 0 amide bonds. The van der Waals surface area contributed by atoms with Gasteiger partial charge in [0.05, 0.1) is 26.5 Å². The molecule has 0 aromatic heterocycles. The number of nitrogens with one attached hydrogen (secondary N) is 1. The summed E-state index contributed by atoms with van der Waals surface area (Å²) >= 11 is 0. The number of nitriles is 1. The summed E-state index contributed by atoms with van der Waals surface area (Å²) < 4.78 is 22.6. The number of benzene rings is 2. The van der Waals surface area contributed by atoms with Crippen LogP contribution in [0.15, 0.2) is 47.5 Å². The van der Waals surface area contributed by atoms with Gasteiger partial charge in [-0.2, -0.15) is 10.3 Å². The van der Waals surface area contributed by atoms with Crippen LogP contribution in [0.4, 0.5) is 5.69 Å². The lowest BCUT2D eigenvalue weighted by Gasteiger charge is -2.19. The second-order valence-corrected chi connectivity index (χ2v) is 6.48. The molecule has 0 radical (unpaired) electrons. The third kappa shape index (κ3) is 7.39. The van der Waals surface area contributed by atoms with Gasteiger partial charge in [0.15, 0.2) is 17.7 Å². The highest BCUT2D eigenvalue weighted by Crippen LogP contribution is 2.41. The molecular formula is C23H30N4O4. The molecule has 0 aliphatic rings. The Morgan fingerprint density at radius 3 is 2.26 bits per heavy atom. The first-order valence-corrected chi connectivity index (χ1v) is 10.2. The summed E-state index contributed by atoms with van der Waals surface area (Å²) in [6.45, 7) is 7.81. The zero-order chi connectivity index (χ0) is 22.5. The van der Waals surface area contributed by atoms with Crippen LogP contribution in [0.25, 0.3) is 0 Å². The number of aliphatic imine (C=N–C) groups is 1. The number of amidine groups is 1. The van der Waals surface area contributed by atoms with E-state index in [0.717, 1.165) is 26.1 Å². The van der Waals surface area contributed by atoms with E-state index < -0.39 is 0 Å². The number of hydrogen-bond acceptors (Lipinski definition) is 7. The molecule has 0 unspecified atom stereocenters. The number of methoxy groups -OCH3 is 2. The molecule has 0 aliphatic heterocycles. The Hall–Kier alpha value is -3.44. The fourth-order valence-electron chi connectivity index (χ4n) is 2.92. The maximum Gasteiger partial charge on any atom is 0.309 e. The molecule has 0 saturated carbocycles. The van der Waals surface area contributed by atoms with Gasteiger partial charge in [-0.25, -0.2) is 5.32 Å². The van der Waals surface area contributed by atoms with E-state index in [0.29, 0.717) is 35.3 Å². The van der Waals surface area contributed by atoms with Gasteiger partial charge in [0.25, 0.3) is 0 Å². The largest absolute Gasteiger partial charge is 0.493 e. The second-order valence-electron chi connectivity index (χ2n) is 6.48. The smallest absolute Gasteiger partial charge is 0.309 e. The van der Waals surface area contributed by atoms with Crippen LogP contribution in [-0.4, -0.2) is 51.4 Å². The van der Waals surface area contributed by atoms with Crippen molar-refractivity contribution in [2.24, 2.45) is 4.99 Å². The van der Waals surface area contributed by atoms with E-state index in [4.69, 9.17) is 24.2 Å². The van der Waals surface area contributed by atoms with Crippen LogP contribution in [0.1, 0.15) is 20.3 Å². The van der Waals surface area contributed by atoms with E-state index in [1.165, 1.54) is 0 Å². The van der Waals surface area contributed by atoms with Gasteiger partial charge in [0.1, 0.15) is 5.75 Å². The van der Waals surface area contributed by atoms with Gasteiger partial charge in [0.2, 0.25) is 5.75 Å². The molecule has 0 spiro atoms. The summed E-state index contributed by atoms with van der Waals surface area (Å²) in [7, 11) is 3.11. The van der Waals surface area contributed by atoms with Crippen molar-refractivity contribution in [3.8, 4) is 29.2 Å². The van der Waals surface area contributed by atoms with Crippen LogP contribution >= 0.6 is 0 Å². The van der Waals surface area contributed by atoms with Crippen molar-refractivity contribution in [1.82, 2.24) is 10.2 Å². The topological polar surface area (TPSA) is 88.3 Å². The van der Waals surface area contributed by atoms with Crippen LogP contribution in [0.5, 0.6) is 23.0 Å². The van der Waals surface area contributed by atoms with Crippen molar-refractivity contribution in [3.05, 3.63) is 42.5 Å². The summed E-state index contributed by atoms with van der Waals surface area (Å²) in [4.78, 5) is 6.72.